The standard InChI is InChI=1S/C14H18ClN5O2/c1-8-11(15)12(19-18-8)13(21)16-7-6-10-17-14(22-20-10)9-4-2-3-5-9/h9H,2-7H2,1H3,(H,16,21)(H,18,19). The van der Waals surface area contributed by atoms with Crippen molar-refractivity contribution in [1.29, 1.82) is 0 Å². The first-order valence-electron chi connectivity index (χ1n) is 7.46. The Kier molecular flexibility index (Phi) is 4.42. The summed E-state index contributed by atoms with van der Waals surface area (Å²) in [6.07, 6.45) is 5.21. The fraction of sp³-hybridized carbons (Fsp3) is 0.571. The van der Waals surface area contributed by atoms with E-state index < -0.39 is 0 Å². The highest BCUT2D eigenvalue weighted by Crippen LogP contribution is 2.32. The molecule has 118 valence electrons. The summed E-state index contributed by atoms with van der Waals surface area (Å²) in [6, 6.07) is 0. The van der Waals surface area contributed by atoms with Gasteiger partial charge in [-0.15, -0.1) is 0 Å². The monoisotopic (exact) mass is 323 g/mol. The topological polar surface area (TPSA) is 96.7 Å². The molecule has 2 heterocycles. The summed E-state index contributed by atoms with van der Waals surface area (Å²) in [5.41, 5.74) is 0.880. The molecule has 22 heavy (non-hydrogen) atoms. The summed E-state index contributed by atoms with van der Waals surface area (Å²) in [4.78, 5) is 16.3. The molecular weight excluding hydrogens is 306 g/mol. The van der Waals surface area contributed by atoms with Crippen molar-refractivity contribution in [2.45, 2.75) is 44.9 Å². The first-order valence-corrected chi connectivity index (χ1v) is 7.84. The lowest BCUT2D eigenvalue weighted by molar-refractivity contribution is 0.0949. The lowest BCUT2D eigenvalue weighted by atomic mass is 10.1. The summed E-state index contributed by atoms with van der Waals surface area (Å²) < 4.78 is 5.30. The van der Waals surface area contributed by atoms with Crippen LogP contribution < -0.4 is 5.32 Å². The summed E-state index contributed by atoms with van der Waals surface area (Å²) in [7, 11) is 0. The molecule has 8 heteroatoms. The summed E-state index contributed by atoms with van der Waals surface area (Å²) in [6.45, 7) is 2.17. The largest absolute Gasteiger partial charge is 0.350 e. The quantitative estimate of drug-likeness (QED) is 0.880. The molecule has 0 atom stereocenters. The van der Waals surface area contributed by atoms with Gasteiger partial charge in [0.25, 0.3) is 5.91 Å². The van der Waals surface area contributed by atoms with Crippen LogP contribution in [0.25, 0.3) is 0 Å². The van der Waals surface area contributed by atoms with E-state index in [4.69, 9.17) is 16.1 Å². The van der Waals surface area contributed by atoms with Gasteiger partial charge < -0.3 is 9.84 Å². The van der Waals surface area contributed by atoms with Gasteiger partial charge in [0.05, 0.1) is 10.7 Å². The van der Waals surface area contributed by atoms with Crippen molar-refractivity contribution in [3.05, 3.63) is 28.1 Å². The minimum Gasteiger partial charge on any atom is -0.350 e. The zero-order valence-electron chi connectivity index (χ0n) is 12.4. The third-order valence-electron chi connectivity index (χ3n) is 3.91. The summed E-state index contributed by atoms with van der Waals surface area (Å²) >= 11 is 5.98. The number of rotatable bonds is 5. The van der Waals surface area contributed by atoms with E-state index in [0.29, 0.717) is 35.4 Å². The van der Waals surface area contributed by atoms with Gasteiger partial charge in [0, 0.05) is 18.9 Å². The van der Waals surface area contributed by atoms with Crippen molar-refractivity contribution >= 4 is 17.5 Å². The maximum absolute atomic E-state index is 11.9. The SMILES string of the molecule is Cc1[nH]nc(C(=O)NCCc2noc(C3CCCC3)n2)c1Cl. The highest BCUT2D eigenvalue weighted by Gasteiger charge is 2.23. The van der Waals surface area contributed by atoms with E-state index in [1.807, 2.05) is 0 Å². The molecule has 0 bridgehead atoms. The number of nitrogens with one attached hydrogen (secondary N) is 2. The Labute approximate surface area is 132 Å². The number of aromatic nitrogens is 4. The van der Waals surface area contributed by atoms with Crippen molar-refractivity contribution in [2.75, 3.05) is 6.54 Å². The summed E-state index contributed by atoms with van der Waals surface area (Å²) in [5.74, 6) is 1.44. The minimum atomic E-state index is -0.311. The van der Waals surface area contributed by atoms with E-state index in [1.54, 1.807) is 6.92 Å². The van der Waals surface area contributed by atoms with Crippen LogP contribution in [0.3, 0.4) is 0 Å². The van der Waals surface area contributed by atoms with E-state index in [1.165, 1.54) is 12.8 Å². The molecule has 2 aromatic heterocycles. The van der Waals surface area contributed by atoms with Gasteiger partial charge in [0.15, 0.2) is 11.5 Å². The Morgan fingerprint density at radius 2 is 2.23 bits per heavy atom. The number of hydrogen-bond acceptors (Lipinski definition) is 5. The number of carbonyl (C=O) groups excluding carboxylic acids is 1. The molecule has 1 aliphatic carbocycles. The predicted octanol–water partition coefficient (Wildman–Crippen LogP) is 2.38. The molecule has 1 amide bonds. The normalized spacial score (nSPS) is 15.4. The lowest BCUT2D eigenvalue weighted by Crippen LogP contribution is -2.26. The molecule has 0 unspecified atom stereocenters. The summed E-state index contributed by atoms with van der Waals surface area (Å²) in [5, 5.41) is 13.6. The zero-order chi connectivity index (χ0) is 15.5. The van der Waals surface area contributed by atoms with Crippen molar-refractivity contribution in [3.8, 4) is 0 Å². The number of halogens is 1. The number of H-pyrrole nitrogens is 1. The van der Waals surface area contributed by atoms with Crippen molar-refractivity contribution in [3.63, 3.8) is 0 Å². The number of aryl methyl sites for hydroxylation is 1. The van der Waals surface area contributed by atoms with Crippen LogP contribution in [0, 0.1) is 6.92 Å². The highest BCUT2D eigenvalue weighted by molar-refractivity contribution is 6.34. The maximum Gasteiger partial charge on any atom is 0.273 e. The Morgan fingerprint density at radius 3 is 2.91 bits per heavy atom. The van der Waals surface area contributed by atoms with Gasteiger partial charge in [-0.1, -0.05) is 29.6 Å². The number of hydrogen-bond donors (Lipinski definition) is 2. The van der Waals surface area contributed by atoms with Gasteiger partial charge in [-0.05, 0) is 19.8 Å². The van der Waals surface area contributed by atoms with Gasteiger partial charge in [-0.25, -0.2) is 0 Å². The van der Waals surface area contributed by atoms with E-state index in [0.717, 1.165) is 18.7 Å². The van der Waals surface area contributed by atoms with Crippen molar-refractivity contribution < 1.29 is 9.32 Å². The number of carbonyl (C=O) groups is 1. The van der Waals surface area contributed by atoms with E-state index in [9.17, 15) is 4.79 Å². The van der Waals surface area contributed by atoms with Crippen LogP contribution in [0.15, 0.2) is 4.52 Å². The maximum atomic E-state index is 11.9. The molecule has 7 nitrogen and oxygen atoms in total. The third kappa shape index (κ3) is 3.14. The third-order valence-corrected chi connectivity index (χ3v) is 4.37. The van der Waals surface area contributed by atoms with E-state index >= 15 is 0 Å². The van der Waals surface area contributed by atoms with Crippen LogP contribution in [0.2, 0.25) is 5.02 Å². The minimum absolute atomic E-state index is 0.207. The van der Waals surface area contributed by atoms with Crippen LogP contribution >= 0.6 is 11.6 Å². The smallest absolute Gasteiger partial charge is 0.273 e. The van der Waals surface area contributed by atoms with Crippen LogP contribution in [0.5, 0.6) is 0 Å². The second-order valence-electron chi connectivity index (χ2n) is 5.55. The Morgan fingerprint density at radius 1 is 1.45 bits per heavy atom. The molecule has 1 aliphatic rings. The fourth-order valence-corrected chi connectivity index (χ4v) is 2.82. The molecule has 1 fully saturated rings. The van der Waals surface area contributed by atoms with Gasteiger partial charge in [-0.2, -0.15) is 10.1 Å². The second kappa shape index (κ2) is 6.48. The first-order chi connectivity index (χ1) is 10.6. The van der Waals surface area contributed by atoms with Crippen LogP contribution in [0.4, 0.5) is 0 Å². The molecule has 0 spiro atoms. The molecular formula is C14H18ClN5O2. The van der Waals surface area contributed by atoms with Gasteiger partial charge >= 0.3 is 0 Å². The molecule has 1 saturated carbocycles. The first kappa shape index (κ1) is 15.0. The Balaban J connectivity index is 1.50. The van der Waals surface area contributed by atoms with Crippen LogP contribution in [-0.2, 0) is 6.42 Å². The highest BCUT2D eigenvalue weighted by atomic mass is 35.5. The number of amides is 1. The fourth-order valence-electron chi connectivity index (χ4n) is 2.65. The van der Waals surface area contributed by atoms with E-state index in [2.05, 4.69) is 25.7 Å². The molecule has 2 N–H and O–H groups in total. The Hall–Kier alpha value is -1.89. The lowest BCUT2D eigenvalue weighted by Gasteiger charge is -2.01. The van der Waals surface area contributed by atoms with Crippen molar-refractivity contribution in [1.82, 2.24) is 25.7 Å². The predicted molar refractivity (Wildman–Crippen MR) is 79.9 cm³/mol. The molecule has 3 rings (SSSR count). The molecule has 0 radical (unpaired) electrons. The zero-order valence-corrected chi connectivity index (χ0v) is 13.1. The molecule has 0 aromatic carbocycles. The number of nitrogens with zero attached hydrogens (tertiary/aromatic N) is 3. The van der Waals surface area contributed by atoms with Gasteiger partial charge in [0.1, 0.15) is 0 Å². The van der Waals surface area contributed by atoms with Crippen LogP contribution in [0.1, 0.15) is 59.5 Å². The van der Waals surface area contributed by atoms with Crippen molar-refractivity contribution in [2.24, 2.45) is 0 Å². The average molecular weight is 324 g/mol. The molecule has 2 aromatic rings. The Bertz CT molecular complexity index is 660. The molecule has 0 aliphatic heterocycles. The number of aromatic amines is 1. The van der Waals surface area contributed by atoms with Gasteiger partial charge in [0.2, 0.25) is 5.89 Å². The molecule has 0 saturated heterocycles. The van der Waals surface area contributed by atoms with E-state index in [-0.39, 0.29) is 11.6 Å². The average Bonchev–Trinajstić information content (AvgIpc) is 3.22. The second-order valence-corrected chi connectivity index (χ2v) is 5.93. The van der Waals surface area contributed by atoms with Gasteiger partial charge in [-0.3, -0.25) is 9.89 Å². The van der Waals surface area contributed by atoms with Crippen LogP contribution in [-0.4, -0.2) is 32.8 Å².